The highest BCUT2D eigenvalue weighted by Crippen LogP contribution is 2.24. The fourth-order valence-corrected chi connectivity index (χ4v) is 2.65. The van der Waals surface area contributed by atoms with Crippen LogP contribution in [0.4, 0.5) is 0 Å². The third-order valence-electron chi connectivity index (χ3n) is 3.27. The average Bonchev–Trinajstić information content (AvgIpc) is 2.33. The molecular weight excluding hydrogens is 278 g/mol. The number of ether oxygens (including phenoxy) is 1. The summed E-state index contributed by atoms with van der Waals surface area (Å²) in [6, 6.07) is 10.7. The Kier molecular flexibility index (Phi) is 4.46. The van der Waals surface area contributed by atoms with Crippen LogP contribution in [-0.2, 0) is 0 Å². The van der Waals surface area contributed by atoms with Gasteiger partial charge >= 0.3 is 0 Å². The number of nitrogens with zero attached hydrogens (tertiary/aromatic N) is 1. The van der Waals surface area contributed by atoms with Crippen LogP contribution in [0.2, 0.25) is 0 Å². The maximum Gasteiger partial charge on any atom is 0.124 e. The lowest BCUT2D eigenvalue weighted by molar-refractivity contribution is 0.0773. The van der Waals surface area contributed by atoms with E-state index >= 15 is 0 Å². The standard InChI is InChI=1S/C14H20BrNO/c1-11(2)16-9-8-13(15)14(10-16)17-12-6-4-3-5-7-12/h3-7,11,13-14H,8-10H2,1-2H3/t13-,14+/m0/s1. The van der Waals surface area contributed by atoms with Gasteiger partial charge in [0.15, 0.2) is 0 Å². The zero-order valence-electron chi connectivity index (χ0n) is 10.5. The summed E-state index contributed by atoms with van der Waals surface area (Å²) in [5.41, 5.74) is 0. The number of para-hydroxylation sites is 1. The molecule has 1 aromatic carbocycles. The summed E-state index contributed by atoms with van der Waals surface area (Å²) in [6.07, 6.45) is 1.39. The zero-order chi connectivity index (χ0) is 12.3. The molecule has 0 aromatic heterocycles. The number of halogens is 1. The summed E-state index contributed by atoms with van der Waals surface area (Å²) in [4.78, 5) is 2.93. The van der Waals surface area contributed by atoms with Crippen molar-refractivity contribution in [3.8, 4) is 5.75 Å². The smallest absolute Gasteiger partial charge is 0.124 e. The van der Waals surface area contributed by atoms with Gasteiger partial charge < -0.3 is 4.74 Å². The van der Waals surface area contributed by atoms with Crippen molar-refractivity contribution in [3.05, 3.63) is 30.3 Å². The SMILES string of the molecule is CC(C)N1CC[C@H](Br)[C@H](Oc2ccccc2)C1. The third-order valence-corrected chi connectivity index (χ3v) is 4.32. The minimum atomic E-state index is 0.244. The molecule has 1 fully saturated rings. The van der Waals surface area contributed by atoms with Crippen molar-refractivity contribution in [2.45, 2.75) is 37.2 Å². The van der Waals surface area contributed by atoms with Crippen LogP contribution in [0.15, 0.2) is 30.3 Å². The zero-order valence-corrected chi connectivity index (χ0v) is 12.1. The molecule has 0 aliphatic carbocycles. The molecule has 1 heterocycles. The van der Waals surface area contributed by atoms with Gasteiger partial charge in [0.1, 0.15) is 11.9 Å². The predicted octanol–water partition coefficient (Wildman–Crippen LogP) is 3.31. The second kappa shape index (κ2) is 5.87. The van der Waals surface area contributed by atoms with E-state index in [-0.39, 0.29) is 6.10 Å². The first-order valence-corrected chi connectivity index (χ1v) is 7.18. The topological polar surface area (TPSA) is 12.5 Å². The number of hydrogen-bond donors (Lipinski definition) is 0. The van der Waals surface area contributed by atoms with Crippen LogP contribution in [0.3, 0.4) is 0 Å². The summed E-state index contributed by atoms with van der Waals surface area (Å²) in [5.74, 6) is 0.965. The number of rotatable bonds is 3. The Morgan fingerprint density at radius 3 is 2.65 bits per heavy atom. The summed E-state index contributed by atoms with van der Waals surface area (Å²) < 4.78 is 6.06. The fraction of sp³-hybridized carbons (Fsp3) is 0.571. The predicted molar refractivity (Wildman–Crippen MR) is 74.9 cm³/mol. The minimum absolute atomic E-state index is 0.244. The summed E-state index contributed by atoms with van der Waals surface area (Å²) in [5, 5.41) is 0. The number of piperidine rings is 1. The van der Waals surface area contributed by atoms with Gasteiger partial charge in [0.05, 0.1) is 4.83 Å². The summed E-state index contributed by atoms with van der Waals surface area (Å²) >= 11 is 3.74. The van der Waals surface area contributed by atoms with Gasteiger partial charge in [-0.05, 0) is 38.9 Å². The van der Waals surface area contributed by atoms with Crippen LogP contribution in [0.1, 0.15) is 20.3 Å². The number of benzene rings is 1. The molecule has 94 valence electrons. The Hall–Kier alpha value is -0.540. The minimum Gasteiger partial charge on any atom is -0.488 e. The molecule has 17 heavy (non-hydrogen) atoms. The van der Waals surface area contributed by atoms with Gasteiger partial charge in [-0.3, -0.25) is 4.90 Å². The van der Waals surface area contributed by atoms with Crippen molar-refractivity contribution in [1.82, 2.24) is 4.90 Å². The van der Waals surface area contributed by atoms with Crippen LogP contribution < -0.4 is 4.74 Å². The third kappa shape index (κ3) is 3.46. The highest BCUT2D eigenvalue weighted by atomic mass is 79.9. The van der Waals surface area contributed by atoms with Gasteiger partial charge in [-0.1, -0.05) is 34.1 Å². The monoisotopic (exact) mass is 297 g/mol. The molecule has 0 unspecified atom stereocenters. The first-order chi connectivity index (χ1) is 8.16. The molecule has 0 N–H and O–H groups in total. The lowest BCUT2D eigenvalue weighted by Gasteiger charge is -2.38. The first-order valence-electron chi connectivity index (χ1n) is 6.26. The first kappa shape index (κ1) is 12.9. The number of likely N-dealkylation sites (tertiary alicyclic amines) is 1. The Morgan fingerprint density at radius 1 is 1.29 bits per heavy atom. The van der Waals surface area contributed by atoms with Gasteiger partial charge in [-0.2, -0.15) is 0 Å². The average molecular weight is 298 g/mol. The normalized spacial score (nSPS) is 26.1. The van der Waals surface area contributed by atoms with E-state index in [9.17, 15) is 0 Å². The number of hydrogen-bond acceptors (Lipinski definition) is 2. The fourth-order valence-electron chi connectivity index (χ4n) is 2.17. The van der Waals surface area contributed by atoms with Crippen LogP contribution in [0.25, 0.3) is 0 Å². The van der Waals surface area contributed by atoms with Gasteiger partial charge in [0, 0.05) is 12.6 Å². The van der Waals surface area contributed by atoms with Gasteiger partial charge in [0.25, 0.3) is 0 Å². The maximum atomic E-state index is 6.06. The largest absolute Gasteiger partial charge is 0.488 e. The molecule has 1 aliphatic heterocycles. The van der Waals surface area contributed by atoms with E-state index in [1.54, 1.807) is 0 Å². The highest BCUT2D eigenvalue weighted by Gasteiger charge is 2.29. The van der Waals surface area contributed by atoms with Crippen LogP contribution >= 0.6 is 15.9 Å². The van der Waals surface area contributed by atoms with E-state index < -0.39 is 0 Å². The molecule has 3 heteroatoms. The van der Waals surface area contributed by atoms with Crippen molar-refractivity contribution in [1.29, 1.82) is 0 Å². The lowest BCUT2D eigenvalue weighted by atomic mass is 10.1. The molecule has 0 amide bonds. The van der Waals surface area contributed by atoms with E-state index in [2.05, 4.69) is 34.7 Å². The van der Waals surface area contributed by atoms with E-state index in [0.717, 1.165) is 25.3 Å². The van der Waals surface area contributed by atoms with E-state index in [1.807, 2.05) is 30.3 Å². The van der Waals surface area contributed by atoms with E-state index in [0.29, 0.717) is 10.9 Å². The molecule has 1 saturated heterocycles. The van der Waals surface area contributed by atoms with E-state index in [4.69, 9.17) is 4.74 Å². The molecule has 2 rings (SSSR count). The van der Waals surface area contributed by atoms with Crippen molar-refractivity contribution in [2.75, 3.05) is 13.1 Å². The molecule has 2 atom stereocenters. The summed E-state index contributed by atoms with van der Waals surface area (Å²) in [6.45, 7) is 6.65. The van der Waals surface area contributed by atoms with Crippen molar-refractivity contribution in [2.24, 2.45) is 0 Å². The molecule has 0 spiro atoms. The van der Waals surface area contributed by atoms with Crippen molar-refractivity contribution < 1.29 is 4.74 Å². The molecule has 0 bridgehead atoms. The van der Waals surface area contributed by atoms with Crippen molar-refractivity contribution in [3.63, 3.8) is 0 Å². The Bertz CT molecular complexity index is 341. The summed E-state index contributed by atoms with van der Waals surface area (Å²) in [7, 11) is 0. The lowest BCUT2D eigenvalue weighted by Crippen LogP contribution is -2.49. The molecule has 0 saturated carbocycles. The van der Waals surface area contributed by atoms with Gasteiger partial charge in [-0.15, -0.1) is 0 Å². The quantitative estimate of drug-likeness (QED) is 0.794. The van der Waals surface area contributed by atoms with Crippen molar-refractivity contribution >= 4 is 15.9 Å². The molecular formula is C14H20BrNO. The van der Waals surface area contributed by atoms with E-state index in [1.165, 1.54) is 0 Å². The molecule has 1 aliphatic rings. The molecule has 2 nitrogen and oxygen atoms in total. The van der Waals surface area contributed by atoms with Gasteiger partial charge in [-0.25, -0.2) is 0 Å². The number of alkyl halides is 1. The Balaban J connectivity index is 1.99. The second-order valence-electron chi connectivity index (χ2n) is 4.86. The van der Waals surface area contributed by atoms with Crippen LogP contribution in [-0.4, -0.2) is 35.0 Å². The van der Waals surface area contributed by atoms with Gasteiger partial charge in [0.2, 0.25) is 0 Å². The Labute approximate surface area is 112 Å². The van der Waals surface area contributed by atoms with Crippen LogP contribution in [0, 0.1) is 0 Å². The highest BCUT2D eigenvalue weighted by molar-refractivity contribution is 9.09. The maximum absolute atomic E-state index is 6.06. The van der Waals surface area contributed by atoms with Crippen LogP contribution in [0.5, 0.6) is 5.75 Å². The second-order valence-corrected chi connectivity index (χ2v) is 6.04. The Morgan fingerprint density at radius 2 is 2.00 bits per heavy atom. The molecule has 0 radical (unpaired) electrons. The molecule has 1 aromatic rings.